The predicted octanol–water partition coefficient (Wildman–Crippen LogP) is 2.52. The van der Waals surface area contributed by atoms with E-state index >= 15 is 0 Å². The summed E-state index contributed by atoms with van der Waals surface area (Å²) in [6.07, 6.45) is 2.19. The monoisotopic (exact) mass is 402 g/mol. The van der Waals surface area contributed by atoms with Crippen molar-refractivity contribution in [3.63, 3.8) is 0 Å². The molecule has 28 heavy (non-hydrogen) atoms. The number of likely N-dealkylation sites (tertiary alicyclic amines) is 1. The lowest BCUT2D eigenvalue weighted by atomic mass is 10.1. The van der Waals surface area contributed by atoms with E-state index in [2.05, 4.69) is 4.72 Å². The summed E-state index contributed by atoms with van der Waals surface area (Å²) < 4.78 is 34.1. The molecule has 1 N–H and O–H groups in total. The number of nitrogens with zero attached hydrogens (tertiary/aromatic N) is 1. The highest BCUT2D eigenvalue weighted by Crippen LogP contribution is 2.25. The van der Waals surface area contributed by atoms with E-state index in [0.29, 0.717) is 19.5 Å². The largest absolute Gasteiger partial charge is 0.495 e. The normalized spacial score (nSPS) is 15.4. The van der Waals surface area contributed by atoms with Crippen LogP contribution in [0.25, 0.3) is 0 Å². The SMILES string of the molecule is COc1ccc(C)cc1S(=O)(=O)N[C@@H](Cc1ccccc1)C(=O)N1CCCC1. The van der Waals surface area contributed by atoms with Gasteiger partial charge in [0.2, 0.25) is 15.9 Å². The third-order valence-electron chi connectivity index (χ3n) is 4.90. The van der Waals surface area contributed by atoms with Gasteiger partial charge in [0, 0.05) is 13.1 Å². The summed E-state index contributed by atoms with van der Waals surface area (Å²) in [7, 11) is -2.51. The zero-order chi connectivity index (χ0) is 20.1. The molecule has 0 saturated carbocycles. The number of amides is 1. The zero-order valence-corrected chi connectivity index (χ0v) is 17.0. The molecule has 1 amide bonds. The maximum atomic E-state index is 13.1. The van der Waals surface area contributed by atoms with E-state index < -0.39 is 16.1 Å². The van der Waals surface area contributed by atoms with Crippen molar-refractivity contribution >= 4 is 15.9 Å². The molecule has 150 valence electrons. The van der Waals surface area contributed by atoms with Gasteiger partial charge in [-0.3, -0.25) is 4.79 Å². The molecule has 1 heterocycles. The van der Waals surface area contributed by atoms with Crippen molar-refractivity contribution in [3.05, 3.63) is 59.7 Å². The molecule has 0 bridgehead atoms. The van der Waals surface area contributed by atoms with Crippen LogP contribution < -0.4 is 9.46 Å². The highest BCUT2D eigenvalue weighted by Gasteiger charge is 2.32. The Morgan fingerprint density at radius 2 is 1.82 bits per heavy atom. The van der Waals surface area contributed by atoms with Gasteiger partial charge in [0.05, 0.1) is 7.11 Å². The molecule has 6 nitrogen and oxygen atoms in total. The molecule has 3 rings (SSSR count). The highest BCUT2D eigenvalue weighted by molar-refractivity contribution is 7.89. The van der Waals surface area contributed by atoms with Gasteiger partial charge in [-0.05, 0) is 49.4 Å². The number of carbonyl (C=O) groups excluding carboxylic acids is 1. The molecule has 1 saturated heterocycles. The average molecular weight is 403 g/mol. The Hall–Kier alpha value is -2.38. The Morgan fingerprint density at radius 1 is 1.14 bits per heavy atom. The number of hydrogen-bond acceptors (Lipinski definition) is 4. The number of nitrogens with one attached hydrogen (secondary N) is 1. The average Bonchev–Trinajstić information content (AvgIpc) is 3.22. The number of rotatable bonds is 7. The first-order chi connectivity index (χ1) is 13.4. The van der Waals surface area contributed by atoms with E-state index in [4.69, 9.17) is 4.74 Å². The molecular weight excluding hydrogens is 376 g/mol. The molecule has 1 atom stereocenters. The number of aryl methyl sites for hydroxylation is 1. The van der Waals surface area contributed by atoms with Crippen molar-refractivity contribution in [2.24, 2.45) is 0 Å². The summed E-state index contributed by atoms with van der Waals surface area (Å²) in [4.78, 5) is 14.8. The molecule has 7 heteroatoms. The second-order valence-electron chi connectivity index (χ2n) is 7.05. The summed E-state index contributed by atoms with van der Waals surface area (Å²) in [5.74, 6) is 0.0710. The molecule has 2 aromatic carbocycles. The van der Waals surface area contributed by atoms with Gasteiger partial charge < -0.3 is 9.64 Å². The fourth-order valence-corrected chi connectivity index (χ4v) is 4.87. The lowest BCUT2D eigenvalue weighted by Gasteiger charge is -2.24. The van der Waals surface area contributed by atoms with E-state index in [1.165, 1.54) is 7.11 Å². The standard InChI is InChI=1S/C21H26N2O4S/c1-16-10-11-19(27-2)20(14-16)28(25,26)22-18(15-17-8-4-3-5-9-17)21(24)23-12-6-7-13-23/h3-5,8-11,14,18,22H,6-7,12-13,15H2,1-2H3/t18-/m0/s1. The quantitative estimate of drug-likeness (QED) is 0.772. The number of benzene rings is 2. The number of methoxy groups -OCH3 is 1. The maximum absolute atomic E-state index is 13.1. The molecule has 0 unspecified atom stereocenters. The molecule has 0 aliphatic carbocycles. The van der Waals surface area contributed by atoms with Crippen molar-refractivity contribution < 1.29 is 17.9 Å². The molecule has 2 aromatic rings. The Bertz CT molecular complexity index is 923. The minimum absolute atomic E-state index is 0.0438. The molecular formula is C21H26N2O4S. The van der Waals surface area contributed by atoms with Gasteiger partial charge in [0.25, 0.3) is 0 Å². The van der Waals surface area contributed by atoms with Crippen LogP contribution in [0.1, 0.15) is 24.0 Å². The minimum atomic E-state index is -3.94. The number of sulfonamides is 1. The van der Waals surface area contributed by atoms with Crippen LogP contribution in [0, 0.1) is 6.92 Å². The van der Waals surface area contributed by atoms with Crippen molar-refractivity contribution in [1.82, 2.24) is 9.62 Å². The Balaban J connectivity index is 1.91. The van der Waals surface area contributed by atoms with Crippen molar-refractivity contribution in [3.8, 4) is 5.75 Å². The van der Waals surface area contributed by atoms with E-state index in [-0.39, 0.29) is 16.6 Å². The van der Waals surface area contributed by atoms with E-state index in [9.17, 15) is 13.2 Å². The maximum Gasteiger partial charge on any atom is 0.244 e. The van der Waals surface area contributed by atoms with Crippen LogP contribution in [-0.2, 0) is 21.2 Å². The summed E-state index contributed by atoms with van der Waals surface area (Å²) in [5.41, 5.74) is 1.70. The smallest absolute Gasteiger partial charge is 0.244 e. The van der Waals surface area contributed by atoms with Crippen LogP contribution in [-0.4, -0.2) is 45.5 Å². The van der Waals surface area contributed by atoms with E-state index in [1.54, 1.807) is 23.1 Å². The molecule has 1 fully saturated rings. The summed E-state index contributed by atoms with van der Waals surface area (Å²) >= 11 is 0. The first kappa shape index (κ1) is 20.4. The van der Waals surface area contributed by atoms with Gasteiger partial charge in [-0.25, -0.2) is 8.42 Å². The van der Waals surface area contributed by atoms with Crippen molar-refractivity contribution in [1.29, 1.82) is 0 Å². The lowest BCUT2D eigenvalue weighted by molar-refractivity contribution is -0.131. The Morgan fingerprint density at radius 3 is 2.46 bits per heavy atom. The fourth-order valence-electron chi connectivity index (χ4n) is 3.43. The Labute approximate surface area is 166 Å². The minimum Gasteiger partial charge on any atom is -0.495 e. The van der Waals surface area contributed by atoms with Crippen LogP contribution in [0.2, 0.25) is 0 Å². The zero-order valence-electron chi connectivity index (χ0n) is 16.2. The Kier molecular flexibility index (Phi) is 6.36. The third kappa shape index (κ3) is 4.72. The van der Waals surface area contributed by atoms with Crippen LogP contribution >= 0.6 is 0 Å². The molecule has 1 aliphatic heterocycles. The van der Waals surface area contributed by atoms with Gasteiger partial charge in [0.1, 0.15) is 16.7 Å². The van der Waals surface area contributed by atoms with Crippen LogP contribution in [0.4, 0.5) is 0 Å². The molecule has 0 aromatic heterocycles. The van der Waals surface area contributed by atoms with Gasteiger partial charge in [-0.15, -0.1) is 0 Å². The topological polar surface area (TPSA) is 75.7 Å². The summed E-state index contributed by atoms with van der Waals surface area (Å²) in [6.45, 7) is 3.15. The third-order valence-corrected chi connectivity index (χ3v) is 6.40. The van der Waals surface area contributed by atoms with Gasteiger partial charge >= 0.3 is 0 Å². The van der Waals surface area contributed by atoms with E-state index in [1.807, 2.05) is 37.3 Å². The molecule has 1 aliphatic rings. The first-order valence-corrected chi connectivity index (χ1v) is 10.9. The fraction of sp³-hybridized carbons (Fsp3) is 0.381. The second-order valence-corrected chi connectivity index (χ2v) is 8.73. The first-order valence-electron chi connectivity index (χ1n) is 9.40. The predicted molar refractivity (Wildman–Crippen MR) is 108 cm³/mol. The molecule has 0 spiro atoms. The van der Waals surface area contributed by atoms with Crippen LogP contribution in [0.3, 0.4) is 0 Å². The lowest BCUT2D eigenvalue weighted by Crippen LogP contribution is -2.48. The van der Waals surface area contributed by atoms with Crippen molar-refractivity contribution in [2.75, 3.05) is 20.2 Å². The summed E-state index contributed by atoms with van der Waals surface area (Å²) in [5, 5.41) is 0. The van der Waals surface area contributed by atoms with Crippen LogP contribution in [0.15, 0.2) is 53.4 Å². The second kappa shape index (κ2) is 8.75. The number of ether oxygens (including phenoxy) is 1. The van der Waals surface area contributed by atoms with Crippen molar-refractivity contribution in [2.45, 2.75) is 37.1 Å². The van der Waals surface area contributed by atoms with E-state index in [0.717, 1.165) is 24.0 Å². The number of hydrogen-bond donors (Lipinski definition) is 1. The van der Waals surface area contributed by atoms with Gasteiger partial charge in [0.15, 0.2) is 0 Å². The highest BCUT2D eigenvalue weighted by atomic mass is 32.2. The van der Waals surface area contributed by atoms with Gasteiger partial charge in [-0.1, -0.05) is 36.4 Å². The summed E-state index contributed by atoms with van der Waals surface area (Å²) in [6, 6.07) is 13.5. The number of carbonyl (C=O) groups is 1. The van der Waals surface area contributed by atoms with Crippen LogP contribution in [0.5, 0.6) is 5.75 Å². The molecule has 0 radical (unpaired) electrons. The van der Waals surface area contributed by atoms with Gasteiger partial charge in [-0.2, -0.15) is 4.72 Å².